The zero-order chi connectivity index (χ0) is 16.0. The molecule has 0 aromatic rings. The average molecular weight is 316 g/mol. The first kappa shape index (κ1) is 17.9. The van der Waals surface area contributed by atoms with E-state index in [1.807, 2.05) is 0 Å². The molecule has 0 amide bonds. The van der Waals surface area contributed by atoms with Gasteiger partial charge >= 0.3 is 0 Å². The van der Waals surface area contributed by atoms with Gasteiger partial charge in [0.2, 0.25) is 0 Å². The molecule has 0 unspecified atom stereocenters. The van der Waals surface area contributed by atoms with Crippen LogP contribution in [-0.4, -0.2) is 7.85 Å². The summed E-state index contributed by atoms with van der Waals surface area (Å²) in [5.74, 6) is 3.27. The lowest BCUT2D eigenvalue weighted by Crippen LogP contribution is -2.46. The van der Waals surface area contributed by atoms with Gasteiger partial charge in [-0.3, -0.25) is 0 Å². The fourth-order valence-electron chi connectivity index (χ4n) is 7.02. The molecule has 3 aliphatic carbocycles. The van der Waals surface area contributed by atoms with Gasteiger partial charge in [-0.1, -0.05) is 70.5 Å². The number of hydrogen-bond acceptors (Lipinski definition) is 0. The van der Waals surface area contributed by atoms with Gasteiger partial charge in [-0.25, -0.2) is 0 Å². The van der Waals surface area contributed by atoms with Crippen molar-refractivity contribution < 1.29 is 0 Å². The fourth-order valence-corrected chi connectivity index (χ4v) is 7.02. The van der Waals surface area contributed by atoms with Gasteiger partial charge in [-0.05, 0) is 68.1 Å². The third-order valence-corrected chi connectivity index (χ3v) is 8.06. The zero-order valence-electron chi connectivity index (χ0n) is 16.0. The molecule has 0 heterocycles. The maximum absolute atomic E-state index is 2.42. The summed E-state index contributed by atoms with van der Waals surface area (Å²) < 4.78 is 0. The highest BCUT2D eigenvalue weighted by atomic mass is 14.5. The molecule has 0 N–H and O–H groups in total. The molecule has 3 aliphatic rings. The summed E-state index contributed by atoms with van der Waals surface area (Å²) in [6.07, 6.45) is 27.8. The van der Waals surface area contributed by atoms with E-state index in [1.165, 1.54) is 70.5 Å². The first-order chi connectivity index (χ1) is 11.4. The molecule has 3 rings (SSSR count). The lowest BCUT2D eigenvalue weighted by atomic mass is 9.49. The summed E-state index contributed by atoms with van der Waals surface area (Å²) in [6.45, 7) is 0. The maximum Gasteiger partial charge on any atom is 0.101 e. The van der Waals surface area contributed by atoms with Crippen LogP contribution in [0.25, 0.3) is 0 Å². The molecule has 0 aliphatic heterocycles. The molecule has 0 saturated heterocycles. The minimum atomic E-state index is 0.761. The van der Waals surface area contributed by atoms with E-state index in [-0.39, 0.29) is 0 Å². The molecule has 3 saturated carbocycles. The van der Waals surface area contributed by atoms with Crippen molar-refractivity contribution in [2.75, 3.05) is 0 Å². The maximum atomic E-state index is 2.42. The molecule has 132 valence electrons. The Morgan fingerprint density at radius 2 is 0.913 bits per heavy atom. The van der Waals surface area contributed by atoms with Crippen molar-refractivity contribution in [1.82, 2.24) is 0 Å². The summed E-state index contributed by atoms with van der Waals surface area (Å²) in [4.78, 5) is 0. The first-order valence-corrected chi connectivity index (χ1v) is 11.4. The first-order valence-electron chi connectivity index (χ1n) is 11.4. The van der Waals surface area contributed by atoms with Crippen molar-refractivity contribution in [3.05, 3.63) is 0 Å². The van der Waals surface area contributed by atoms with Crippen LogP contribution >= 0.6 is 0 Å². The van der Waals surface area contributed by atoms with E-state index in [2.05, 4.69) is 7.85 Å². The van der Waals surface area contributed by atoms with Gasteiger partial charge in [0.1, 0.15) is 7.85 Å². The molecular weight excluding hydrogens is 275 g/mol. The minimum Gasteiger partial charge on any atom is -0.0810 e. The summed E-state index contributed by atoms with van der Waals surface area (Å²) in [5.41, 5.74) is 0.761. The lowest BCUT2D eigenvalue weighted by Gasteiger charge is -2.55. The second-order valence-corrected chi connectivity index (χ2v) is 9.22. The molecule has 0 atom stereocenters. The van der Waals surface area contributed by atoms with Crippen LogP contribution in [0.3, 0.4) is 0 Å². The Bertz CT molecular complexity index is 273. The Morgan fingerprint density at radius 1 is 0.565 bits per heavy atom. The zero-order valence-corrected chi connectivity index (χ0v) is 16.0. The molecule has 3 fully saturated rings. The van der Waals surface area contributed by atoms with E-state index in [1.54, 1.807) is 44.9 Å². The van der Waals surface area contributed by atoms with Crippen LogP contribution < -0.4 is 0 Å². The van der Waals surface area contributed by atoms with Gasteiger partial charge in [-0.2, -0.15) is 0 Å². The SMILES string of the molecule is BCCCC(C1CCCCC1)(C1CCCCC1)C1CCCCC1. The second-order valence-electron chi connectivity index (χ2n) is 9.22. The van der Waals surface area contributed by atoms with Crippen LogP contribution in [0, 0.1) is 23.2 Å². The summed E-state index contributed by atoms with van der Waals surface area (Å²) in [7, 11) is 2.42. The van der Waals surface area contributed by atoms with Crippen molar-refractivity contribution in [2.24, 2.45) is 23.2 Å². The van der Waals surface area contributed by atoms with Crippen LogP contribution in [0.1, 0.15) is 109 Å². The summed E-state index contributed by atoms with van der Waals surface area (Å²) in [5, 5.41) is 0. The Hall–Kier alpha value is 0.0649. The molecule has 0 spiro atoms. The van der Waals surface area contributed by atoms with Crippen molar-refractivity contribution >= 4 is 7.85 Å². The van der Waals surface area contributed by atoms with Gasteiger partial charge in [0.25, 0.3) is 0 Å². The van der Waals surface area contributed by atoms with Gasteiger partial charge in [0.05, 0.1) is 0 Å². The van der Waals surface area contributed by atoms with Gasteiger partial charge < -0.3 is 0 Å². The van der Waals surface area contributed by atoms with E-state index in [0.717, 1.165) is 23.2 Å². The molecular formula is C22H41B. The summed E-state index contributed by atoms with van der Waals surface area (Å²) in [6, 6.07) is 0. The minimum absolute atomic E-state index is 0.761. The third kappa shape index (κ3) is 4.01. The smallest absolute Gasteiger partial charge is 0.0810 e. The van der Waals surface area contributed by atoms with Crippen LogP contribution in [0.5, 0.6) is 0 Å². The molecule has 0 radical (unpaired) electrons. The van der Waals surface area contributed by atoms with E-state index < -0.39 is 0 Å². The molecule has 0 aromatic heterocycles. The molecule has 23 heavy (non-hydrogen) atoms. The van der Waals surface area contributed by atoms with Gasteiger partial charge in [0.15, 0.2) is 0 Å². The summed E-state index contributed by atoms with van der Waals surface area (Å²) >= 11 is 0. The largest absolute Gasteiger partial charge is 0.101 e. The monoisotopic (exact) mass is 316 g/mol. The van der Waals surface area contributed by atoms with E-state index >= 15 is 0 Å². The second kappa shape index (κ2) is 8.96. The van der Waals surface area contributed by atoms with Crippen LogP contribution in [0.15, 0.2) is 0 Å². The predicted octanol–water partition coefficient (Wildman–Crippen LogP) is 6.55. The van der Waals surface area contributed by atoms with Crippen molar-refractivity contribution in [2.45, 2.75) is 115 Å². The Morgan fingerprint density at radius 3 is 1.22 bits per heavy atom. The van der Waals surface area contributed by atoms with E-state index in [9.17, 15) is 0 Å². The quantitative estimate of drug-likeness (QED) is 0.488. The highest BCUT2D eigenvalue weighted by molar-refractivity contribution is 6.08. The van der Waals surface area contributed by atoms with Gasteiger partial charge in [-0.15, -0.1) is 0 Å². The van der Waals surface area contributed by atoms with Crippen molar-refractivity contribution in [1.29, 1.82) is 0 Å². The Balaban J connectivity index is 1.88. The molecule has 1 heteroatoms. The lowest BCUT2D eigenvalue weighted by molar-refractivity contribution is -0.0558. The van der Waals surface area contributed by atoms with Crippen molar-refractivity contribution in [3.8, 4) is 0 Å². The van der Waals surface area contributed by atoms with E-state index in [4.69, 9.17) is 0 Å². The van der Waals surface area contributed by atoms with Crippen LogP contribution in [-0.2, 0) is 0 Å². The van der Waals surface area contributed by atoms with Crippen LogP contribution in [0.4, 0.5) is 0 Å². The standard InChI is InChI=1S/C22H41B/c23-18-10-17-22(19-11-4-1-5-12-19,20-13-6-2-7-14-20)21-15-8-3-9-16-21/h19-21H,1-18,23H2. The van der Waals surface area contributed by atoms with Crippen molar-refractivity contribution in [3.63, 3.8) is 0 Å². The number of rotatable bonds is 6. The fraction of sp³-hybridized carbons (Fsp3) is 1.00. The van der Waals surface area contributed by atoms with E-state index in [0.29, 0.717) is 0 Å². The average Bonchev–Trinajstić information content (AvgIpc) is 2.65. The third-order valence-electron chi connectivity index (χ3n) is 8.06. The normalized spacial score (nSPS) is 26.4. The molecule has 0 aromatic carbocycles. The number of hydrogen-bond donors (Lipinski definition) is 0. The topological polar surface area (TPSA) is 0 Å². The molecule has 0 bridgehead atoms. The highest BCUT2D eigenvalue weighted by Crippen LogP contribution is 2.59. The highest BCUT2D eigenvalue weighted by Gasteiger charge is 2.49. The van der Waals surface area contributed by atoms with Gasteiger partial charge in [0, 0.05) is 0 Å². The Labute approximate surface area is 147 Å². The Kier molecular flexibility index (Phi) is 6.96. The van der Waals surface area contributed by atoms with Crippen LogP contribution in [0.2, 0.25) is 6.32 Å². The predicted molar refractivity (Wildman–Crippen MR) is 105 cm³/mol. The molecule has 0 nitrogen and oxygen atoms in total.